The van der Waals surface area contributed by atoms with Gasteiger partial charge in [0.15, 0.2) is 0 Å². The minimum absolute atomic E-state index is 0.0204. The second-order valence-electron chi connectivity index (χ2n) is 8.51. The zero-order chi connectivity index (χ0) is 23.2. The molecule has 5 nitrogen and oxygen atoms in total. The number of carbonyl (C=O) groups is 1. The summed E-state index contributed by atoms with van der Waals surface area (Å²) in [5.41, 5.74) is 4.05. The van der Waals surface area contributed by atoms with Crippen LogP contribution in [0.4, 0.5) is 10.1 Å². The fraction of sp³-hybridized carbons (Fsp3) is 0.333. The van der Waals surface area contributed by atoms with Gasteiger partial charge in [-0.15, -0.1) is 0 Å². The number of hydrogen-bond donors (Lipinski definition) is 0. The van der Waals surface area contributed by atoms with Gasteiger partial charge in [0.1, 0.15) is 11.6 Å². The molecule has 0 radical (unpaired) electrons. The van der Waals surface area contributed by atoms with Crippen molar-refractivity contribution in [2.45, 2.75) is 31.7 Å². The molecule has 172 valence electrons. The van der Waals surface area contributed by atoms with Gasteiger partial charge in [0.25, 0.3) is 0 Å². The van der Waals surface area contributed by atoms with Crippen LogP contribution in [0, 0.1) is 5.82 Å². The first-order valence-corrected chi connectivity index (χ1v) is 11.4. The molecule has 3 aromatic rings. The van der Waals surface area contributed by atoms with E-state index in [0.717, 1.165) is 48.5 Å². The molecule has 1 atom stereocenters. The van der Waals surface area contributed by atoms with E-state index in [9.17, 15) is 9.18 Å². The van der Waals surface area contributed by atoms with Crippen molar-refractivity contribution < 1.29 is 13.9 Å². The summed E-state index contributed by atoms with van der Waals surface area (Å²) in [5, 5.41) is 0. The van der Waals surface area contributed by atoms with E-state index in [1.54, 1.807) is 13.2 Å². The van der Waals surface area contributed by atoms with Crippen molar-refractivity contribution >= 4 is 11.6 Å². The molecule has 0 bridgehead atoms. The van der Waals surface area contributed by atoms with Crippen LogP contribution >= 0.6 is 0 Å². The van der Waals surface area contributed by atoms with Gasteiger partial charge in [-0.3, -0.25) is 9.78 Å². The van der Waals surface area contributed by atoms with Crippen LogP contribution in [0.2, 0.25) is 0 Å². The maximum absolute atomic E-state index is 13.5. The van der Waals surface area contributed by atoms with Gasteiger partial charge in [-0.2, -0.15) is 0 Å². The Morgan fingerprint density at radius 2 is 1.94 bits per heavy atom. The van der Waals surface area contributed by atoms with Crippen LogP contribution in [-0.2, 0) is 11.2 Å². The van der Waals surface area contributed by atoms with Crippen LogP contribution in [0.3, 0.4) is 0 Å². The first-order chi connectivity index (χ1) is 16.0. The van der Waals surface area contributed by atoms with Gasteiger partial charge in [0, 0.05) is 38.4 Å². The highest BCUT2D eigenvalue weighted by Crippen LogP contribution is 2.31. The number of halogens is 1. The lowest BCUT2D eigenvalue weighted by Gasteiger charge is -2.26. The Labute approximate surface area is 194 Å². The number of anilines is 1. The highest BCUT2D eigenvalue weighted by Gasteiger charge is 2.30. The maximum Gasteiger partial charge on any atom is 0.224 e. The Hall–Kier alpha value is -3.41. The first kappa shape index (κ1) is 22.8. The second-order valence-corrected chi connectivity index (χ2v) is 8.51. The SMILES string of the molecule is COc1ccc(Cc2ccc([C@H]3CCCN3C(=O)CCN(C)c3cccc(F)c3)nc2)cc1. The third-order valence-corrected chi connectivity index (χ3v) is 6.24. The molecule has 0 spiro atoms. The lowest BCUT2D eigenvalue weighted by Crippen LogP contribution is -2.33. The van der Waals surface area contributed by atoms with Crippen molar-refractivity contribution in [3.8, 4) is 5.75 Å². The number of methoxy groups -OCH3 is 1. The van der Waals surface area contributed by atoms with E-state index in [0.29, 0.717) is 13.0 Å². The summed E-state index contributed by atoms with van der Waals surface area (Å²) in [4.78, 5) is 21.5. The molecule has 0 aliphatic carbocycles. The number of amides is 1. The summed E-state index contributed by atoms with van der Waals surface area (Å²) in [5.74, 6) is 0.692. The predicted molar refractivity (Wildman–Crippen MR) is 128 cm³/mol. The number of aromatic nitrogens is 1. The topological polar surface area (TPSA) is 45.7 Å². The molecular formula is C27H30FN3O2. The van der Waals surface area contributed by atoms with Gasteiger partial charge in [0.05, 0.1) is 18.8 Å². The Bertz CT molecular complexity index is 1070. The van der Waals surface area contributed by atoms with Crippen molar-refractivity contribution in [3.05, 3.63) is 89.5 Å². The van der Waals surface area contributed by atoms with Crippen molar-refractivity contribution in [3.63, 3.8) is 0 Å². The highest BCUT2D eigenvalue weighted by atomic mass is 19.1. The van der Waals surface area contributed by atoms with E-state index >= 15 is 0 Å². The fourth-order valence-electron chi connectivity index (χ4n) is 4.34. The van der Waals surface area contributed by atoms with Crippen molar-refractivity contribution in [2.24, 2.45) is 0 Å². The molecule has 4 rings (SSSR count). The summed E-state index contributed by atoms with van der Waals surface area (Å²) in [6.07, 6.45) is 5.01. The normalized spacial score (nSPS) is 15.5. The third-order valence-electron chi connectivity index (χ3n) is 6.24. The van der Waals surface area contributed by atoms with E-state index in [4.69, 9.17) is 9.72 Å². The standard InChI is InChI=1S/C27H30FN3O2/c1-30(23-6-3-5-22(28)18-23)16-14-27(32)31-15-4-7-26(31)25-13-10-21(19-29-25)17-20-8-11-24(33-2)12-9-20/h3,5-6,8-13,18-19,26H,4,7,14-17H2,1-2H3/t26-/m1/s1. The van der Waals surface area contributed by atoms with Gasteiger partial charge in [0.2, 0.25) is 5.91 Å². The molecule has 2 aromatic carbocycles. The number of pyridine rings is 1. The highest BCUT2D eigenvalue weighted by molar-refractivity contribution is 5.77. The Morgan fingerprint density at radius 3 is 2.64 bits per heavy atom. The van der Waals surface area contributed by atoms with Gasteiger partial charge in [-0.1, -0.05) is 24.3 Å². The average Bonchev–Trinajstić information content (AvgIpc) is 3.33. The van der Waals surface area contributed by atoms with Crippen molar-refractivity contribution in [2.75, 3.05) is 32.1 Å². The zero-order valence-electron chi connectivity index (χ0n) is 19.2. The molecule has 1 aromatic heterocycles. The van der Waals surface area contributed by atoms with E-state index in [1.165, 1.54) is 17.7 Å². The van der Waals surface area contributed by atoms with Gasteiger partial charge >= 0.3 is 0 Å². The van der Waals surface area contributed by atoms with Crippen LogP contribution in [-0.4, -0.2) is 43.0 Å². The number of rotatable bonds is 8. The van der Waals surface area contributed by atoms with Crippen LogP contribution < -0.4 is 9.64 Å². The van der Waals surface area contributed by atoms with Crippen LogP contribution in [0.25, 0.3) is 0 Å². The Morgan fingerprint density at radius 1 is 1.15 bits per heavy atom. The van der Waals surface area contributed by atoms with Gasteiger partial charge in [-0.25, -0.2) is 4.39 Å². The molecule has 1 aliphatic heterocycles. The molecule has 1 aliphatic rings. The van der Waals surface area contributed by atoms with Crippen LogP contribution in [0.1, 0.15) is 42.1 Å². The number of ether oxygens (including phenoxy) is 1. The maximum atomic E-state index is 13.5. The summed E-state index contributed by atoms with van der Waals surface area (Å²) in [6, 6.07) is 18.7. The molecule has 33 heavy (non-hydrogen) atoms. The first-order valence-electron chi connectivity index (χ1n) is 11.4. The smallest absolute Gasteiger partial charge is 0.224 e. The number of hydrogen-bond acceptors (Lipinski definition) is 4. The van der Waals surface area contributed by atoms with E-state index < -0.39 is 0 Å². The quantitative estimate of drug-likeness (QED) is 0.487. The van der Waals surface area contributed by atoms with Gasteiger partial charge in [-0.05, 0) is 66.8 Å². The summed E-state index contributed by atoms with van der Waals surface area (Å²) in [6.45, 7) is 1.29. The van der Waals surface area contributed by atoms with Crippen LogP contribution in [0.5, 0.6) is 5.75 Å². The Kier molecular flexibility index (Phi) is 7.23. The fourth-order valence-corrected chi connectivity index (χ4v) is 4.34. The molecule has 0 N–H and O–H groups in total. The number of nitrogens with zero attached hydrogens (tertiary/aromatic N) is 3. The Balaban J connectivity index is 1.35. The number of likely N-dealkylation sites (tertiary alicyclic amines) is 1. The third kappa shape index (κ3) is 5.69. The largest absolute Gasteiger partial charge is 0.497 e. The van der Waals surface area contributed by atoms with Crippen molar-refractivity contribution in [1.82, 2.24) is 9.88 Å². The minimum atomic E-state index is -0.271. The molecule has 1 fully saturated rings. The number of carbonyl (C=O) groups excluding carboxylic acids is 1. The van der Waals surface area contributed by atoms with E-state index in [-0.39, 0.29) is 17.8 Å². The molecule has 1 saturated heterocycles. The molecule has 0 unspecified atom stereocenters. The summed E-state index contributed by atoms with van der Waals surface area (Å²) >= 11 is 0. The van der Waals surface area contributed by atoms with Crippen molar-refractivity contribution in [1.29, 1.82) is 0 Å². The lowest BCUT2D eigenvalue weighted by atomic mass is 10.0. The second kappa shape index (κ2) is 10.5. The monoisotopic (exact) mass is 447 g/mol. The average molecular weight is 448 g/mol. The molecule has 1 amide bonds. The van der Waals surface area contributed by atoms with E-state index in [2.05, 4.69) is 18.2 Å². The predicted octanol–water partition coefficient (Wildman–Crippen LogP) is 5.01. The van der Waals surface area contributed by atoms with Crippen LogP contribution in [0.15, 0.2) is 66.9 Å². The molecule has 2 heterocycles. The molecule has 0 saturated carbocycles. The lowest BCUT2D eigenvalue weighted by molar-refractivity contribution is -0.132. The molecule has 6 heteroatoms. The minimum Gasteiger partial charge on any atom is -0.497 e. The summed E-state index contributed by atoms with van der Waals surface area (Å²) in [7, 11) is 3.55. The van der Waals surface area contributed by atoms with E-state index in [1.807, 2.05) is 47.3 Å². The zero-order valence-corrected chi connectivity index (χ0v) is 19.2. The number of benzene rings is 2. The summed E-state index contributed by atoms with van der Waals surface area (Å²) < 4.78 is 18.7. The van der Waals surface area contributed by atoms with Gasteiger partial charge < -0.3 is 14.5 Å². The molecular weight excluding hydrogens is 417 g/mol.